The van der Waals surface area contributed by atoms with Crippen molar-refractivity contribution in [2.75, 3.05) is 31.1 Å². The van der Waals surface area contributed by atoms with Crippen molar-refractivity contribution in [3.8, 4) is 0 Å². The number of amides is 1. The largest absolute Gasteiger partial charge is 0.368 e. The molecule has 5 rings (SSSR count). The number of benzene rings is 3. The Morgan fingerprint density at radius 2 is 1.62 bits per heavy atom. The fourth-order valence-electron chi connectivity index (χ4n) is 5.32. The quantitative estimate of drug-likeness (QED) is 0.241. The zero-order valence-corrected chi connectivity index (χ0v) is 21.3. The van der Waals surface area contributed by atoms with Gasteiger partial charge in [0.05, 0.1) is 4.92 Å². The van der Waals surface area contributed by atoms with Crippen molar-refractivity contribution in [2.24, 2.45) is 0 Å². The molecule has 3 aromatic carbocycles. The molecule has 0 bridgehead atoms. The second kappa shape index (κ2) is 10.5. The molecule has 1 atom stereocenters. The van der Waals surface area contributed by atoms with E-state index < -0.39 is 0 Å². The number of non-ortho nitro benzene ring substituents is 1. The van der Waals surface area contributed by atoms with Crippen molar-refractivity contribution >= 4 is 28.2 Å². The van der Waals surface area contributed by atoms with Crippen LogP contribution in [0, 0.1) is 17.0 Å². The molecule has 4 aromatic rings. The lowest BCUT2D eigenvalue weighted by Gasteiger charge is -2.36. The predicted octanol–water partition coefficient (Wildman–Crippen LogP) is 5.75. The minimum absolute atomic E-state index is 0.0292. The molecule has 1 amide bonds. The Morgan fingerprint density at radius 1 is 0.946 bits per heavy atom. The first-order valence-electron chi connectivity index (χ1n) is 12.9. The Labute approximate surface area is 217 Å². The third-order valence-corrected chi connectivity index (χ3v) is 7.45. The van der Waals surface area contributed by atoms with E-state index >= 15 is 0 Å². The van der Waals surface area contributed by atoms with Gasteiger partial charge in [-0.2, -0.15) is 0 Å². The first-order chi connectivity index (χ1) is 17.9. The highest BCUT2D eigenvalue weighted by atomic mass is 16.6. The van der Waals surface area contributed by atoms with Crippen molar-refractivity contribution in [3.05, 3.63) is 106 Å². The summed E-state index contributed by atoms with van der Waals surface area (Å²) < 4.78 is 2.26. The topological polar surface area (TPSA) is 71.6 Å². The highest BCUT2D eigenvalue weighted by Gasteiger charge is 2.27. The number of anilines is 1. The summed E-state index contributed by atoms with van der Waals surface area (Å²) in [6.45, 7) is 7.77. The molecule has 2 heterocycles. The van der Waals surface area contributed by atoms with Gasteiger partial charge in [0.15, 0.2) is 0 Å². The van der Waals surface area contributed by atoms with Crippen molar-refractivity contribution < 1.29 is 9.72 Å². The number of nitro benzene ring substituents is 1. The van der Waals surface area contributed by atoms with Crippen molar-refractivity contribution in [3.63, 3.8) is 0 Å². The van der Waals surface area contributed by atoms with Crippen LogP contribution in [0.5, 0.6) is 0 Å². The number of nitrogens with zero attached hydrogens (tertiary/aromatic N) is 4. The molecule has 0 radical (unpaired) electrons. The lowest BCUT2D eigenvalue weighted by molar-refractivity contribution is -0.384. The third kappa shape index (κ3) is 5.07. The van der Waals surface area contributed by atoms with Gasteiger partial charge in [-0.15, -0.1) is 0 Å². The number of carbonyl (C=O) groups is 1. The molecule has 1 aliphatic heterocycles. The molecule has 1 saturated heterocycles. The highest BCUT2D eigenvalue weighted by molar-refractivity contribution is 5.87. The molecule has 1 aromatic heterocycles. The van der Waals surface area contributed by atoms with Crippen LogP contribution in [-0.4, -0.2) is 46.5 Å². The maximum Gasteiger partial charge on any atom is 0.269 e. The predicted molar refractivity (Wildman–Crippen MR) is 147 cm³/mol. The molecule has 1 fully saturated rings. The molecule has 0 spiro atoms. The summed E-state index contributed by atoms with van der Waals surface area (Å²) in [5.41, 5.74) is 5.78. The molecule has 190 valence electrons. The van der Waals surface area contributed by atoms with E-state index in [2.05, 4.69) is 78.0 Å². The third-order valence-electron chi connectivity index (χ3n) is 7.45. The van der Waals surface area contributed by atoms with Crippen LogP contribution >= 0.6 is 0 Å². The number of nitro groups is 1. The summed E-state index contributed by atoms with van der Waals surface area (Å²) in [4.78, 5) is 28.3. The zero-order valence-electron chi connectivity index (χ0n) is 21.3. The van der Waals surface area contributed by atoms with Gasteiger partial charge in [-0.3, -0.25) is 14.9 Å². The van der Waals surface area contributed by atoms with Gasteiger partial charge in [0.2, 0.25) is 5.91 Å². The lowest BCUT2D eigenvalue weighted by Crippen LogP contribution is -2.49. The Morgan fingerprint density at radius 3 is 2.27 bits per heavy atom. The molecular formula is C30H32N4O3. The standard InChI is InChI=1S/C30H32N4O3/c1-3-31-21-28(26-6-4-5-7-29(26)31)27(23-10-8-22(2)9-11-23)20-30(35)33-18-16-32(17-19-33)24-12-14-25(15-13-24)34(36)37/h4-15,21,27H,3,16-20H2,1-2H3/t27-/m1/s1. The number of hydrogen-bond donors (Lipinski definition) is 0. The van der Waals surface area contributed by atoms with E-state index in [4.69, 9.17) is 0 Å². The smallest absolute Gasteiger partial charge is 0.269 e. The van der Waals surface area contributed by atoms with Crippen LogP contribution in [0.1, 0.15) is 36.0 Å². The number of fused-ring (bicyclic) bond motifs is 1. The van der Waals surface area contributed by atoms with Gasteiger partial charge in [-0.05, 0) is 43.2 Å². The fourth-order valence-corrected chi connectivity index (χ4v) is 5.32. The SMILES string of the molecule is CCn1cc([C@H](CC(=O)N2CCN(c3ccc([N+](=O)[O-])cc3)CC2)c2ccc(C)cc2)c2ccccc21. The molecule has 7 heteroatoms. The van der Waals surface area contributed by atoms with Gasteiger partial charge < -0.3 is 14.4 Å². The van der Waals surface area contributed by atoms with E-state index in [1.54, 1.807) is 12.1 Å². The second-order valence-electron chi connectivity index (χ2n) is 9.70. The normalized spacial score (nSPS) is 14.6. The first-order valence-corrected chi connectivity index (χ1v) is 12.9. The summed E-state index contributed by atoms with van der Waals surface area (Å²) >= 11 is 0. The minimum atomic E-state index is -0.386. The van der Waals surface area contributed by atoms with Gasteiger partial charge >= 0.3 is 0 Å². The number of hydrogen-bond acceptors (Lipinski definition) is 4. The number of para-hydroxylation sites is 1. The van der Waals surface area contributed by atoms with Crippen LogP contribution in [0.25, 0.3) is 10.9 Å². The number of rotatable bonds is 7. The van der Waals surface area contributed by atoms with Crippen LogP contribution in [0.3, 0.4) is 0 Å². The van der Waals surface area contributed by atoms with E-state index in [1.807, 2.05) is 4.90 Å². The lowest BCUT2D eigenvalue weighted by atomic mass is 9.87. The van der Waals surface area contributed by atoms with Crippen LogP contribution < -0.4 is 4.90 Å². The minimum Gasteiger partial charge on any atom is -0.368 e. The Bertz CT molecular complexity index is 1400. The summed E-state index contributed by atoms with van der Waals surface area (Å²) in [6, 6.07) is 23.6. The molecule has 0 saturated carbocycles. The van der Waals surface area contributed by atoms with Crippen LogP contribution in [0.15, 0.2) is 79.0 Å². The van der Waals surface area contributed by atoms with E-state index in [-0.39, 0.29) is 22.4 Å². The Balaban J connectivity index is 1.35. The average molecular weight is 497 g/mol. The van der Waals surface area contributed by atoms with Gasteiger partial charge in [0.25, 0.3) is 5.69 Å². The van der Waals surface area contributed by atoms with E-state index in [0.29, 0.717) is 32.6 Å². The summed E-state index contributed by atoms with van der Waals surface area (Å²) in [5.74, 6) is 0.126. The van der Waals surface area contributed by atoms with Gasteiger partial charge in [0.1, 0.15) is 0 Å². The Kier molecular flexibility index (Phi) is 6.95. The van der Waals surface area contributed by atoms with Gasteiger partial charge in [0, 0.05) is 80.0 Å². The van der Waals surface area contributed by atoms with E-state index in [9.17, 15) is 14.9 Å². The molecular weight excluding hydrogens is 464 g/mol. The number of carbonyl (C=O) groups excluding carboxylic acids is 1. The fraction of sp³-hybridized carbons (Fsp3) is 0.300. The monoisotopic (exact) mass is 496 g/mol. The Hall–Kier alpha value is -4.13. The first kappa shape index (κ1) is 24.6. The van der Waals surface area contributed by atoms with Crippen molar-refractivity contribution in [1.29, 1.82) is 0 Å². The van der Waals surface area contributed by atoms with Crippen molar-refractivity contribution in [2.45, 2.75) is 32.7 Å². The number of aromatic nitrogens is 1. The van der Waals surface area contributed by atoms with Crippen LogP contribution in [0.2, 0.25) is 0 Å². The summed E-state index contributed by atoms with van der Waals surface area (Å²) in [5, 5.41) is 12.2. The van der Waals surface area contributed by atoms with Gasteiger partial charge in [-0.1, -0.05) is 48.0 Å². The van der Waals surface area contributed by atoms with Crippen LogP contribution in [-0.2, 0) is 11.3 Å². The summed E-state index contributed by atoms with van der Waals surface area (Å²) in [7, 11) is 0. The van der Waals surface area contributed by atoms with E-state index in [0.717, 1.165) is 17.8 Å². The van der Waals surface area contributed by atoms with Crippen LogP contribution in [0.4, 0.5) is 11.4 Å². The number of piperazine rings is 1. The van der Waals surface area contributed by atoms with E-state index in [1.165, 1.54) is 34.2 Å². The maximum atomic E-state index is 13.6. The molecule has 0 N–H and O–H groups in total. The molecule has 37 heavy (non-hydrogen) atoms. The number of aryl methyl sites for hydroxylation is 2. The second-order valence-corrected chi connectivity index (χ2v) is 9.70. The molecule has 0 unspecified atom stereocenters. The zero-order chi connectivity index (χ0) is 25.9. The molecule has 7 nitrogen and oxygen atoms in total. The molecule has 1 aliphatic rings. The molecule has 0 aliphatic carbocycles. The van der Waals surface area contributed by atoms with Gasteiger partial charge in [-0.25, -0.2) is 0 Å². The highest BCUT2D eigenvalue weighted by Crippen LogP contribution is 2.35. The average Bonchev–Trinajstić information content (AvgIpc) is 3.31. The maximum absolute atomic E-state index is 13.6. The van der Waals surface area contributed by atoms with Crippen molar-refractivity contribution in [1.82, 2.24) is 9.47 Å². The summed E-state index contributed by atoms with van der Waals surface area (Å²) in [6.07, 6.45) is 2.63.